The van der Waals surface area contributed by atoms with Crippen molar-refractivity contribution in [3.63, 3.8) is 0 Å². The summed E-state index contributed by atoms with van der Waals surface area (Å²) in [5, 5.41) is 9.60. The van der Waals surface area contributed by atoms with Gasteiger partial charge in [-0.05, 0) is 43.4 Å². The highest BCUT2D eigenvalue weighted by atomic mass is 35.5. The zero-order valence-electron chi connectivity index (χ0n) is 19.4. The summed E-state index contributed by atoms with van der Waals surface area (Å²) in [4.78, 5) is 38.4. The molecule has 1 saturated carbocycles. The van der Waals surface area contributed by atoms with Crippen molar-refractivity contribution in [1.82, 2.24) is 28.3 Å². The molecule has 35 heavy (non-hydrogen) atoms. The van der Waals surface area contributed by atoms with Crippen LogP contribution in [0.25, 0.3) is 16.9 Å². The van der Waals surface area contributed by atoms with Crippen molar-refractivity contribution in [2.45, 2.75) is 49.9 Å². The summed E-state index contributed by atoms with van der Waals surface area (Å²) in [6.45, 7) is 0.324. The number of carbonyl (C=O) groups excluding carboxylic acids is 1. The molecular weight excluding hydrogens is 492 g/mol. The second-order valence-corrected chi connectivity index (χ2v) is 10.1. The molecule has 3 heterocycles. The number of fused-ring (bicyclic) bond motifs is 3. The van der Waals surface area contributed by atoms with Crippen molar-refractivity contribution < 1.29 is 9.53 Å². The normalized spacial score (nSPS) is 14.7. The van der Waals surface area contributed by atoms with Gasteiger partial charge in [-0.2, -0.15) is 0 Å². The number of carbonyl (C=O) groups is 1. The molecule has 184 valence electrons. The van der Waals surface area contributed by atoms with Gasteiger partial charge in [0.05, 0.1) is 12.3 Å². The molecule has 0 aliphatic heterocycles. The fraction of sp³-hybridized carbons (Fsp3) is 0.435. The van der Waals surface area contributed by atoms with E-state index in [0.29, 0.717) is 33.7 Å². The molecule has 0 N–H and O–H groups in total. The third kappa shape index (κ3) is 4.38. The summed E-state index contributed by atoms with van der Waals surface area (Å²) in [6.07, 6.45) is 5.10. The molecule has 1 aliphatic carbocycles. The number of aromatic nitrogens is 6. The molecule has 1 aliphatic rings. The van der Waals surface area contributed by atoms with Crippen LogP contribution in [0.2, 0.25) is 5.02 Å². The number of hydrogen-bond acceptors (Lipinski definition) is 7. The Labute approximate surface area is 209 Å². The third-order valence-corrected chi connectivity index (χ3v) is 7.53. The second-order valence-electron chi connectivity index (χ2n) is 8.75. The van der Waals surface area contributed by atoms with Gasteiger partial charge in [0.2, 0.25) is 5.78 Å². The predicted molar refractivity (Wildman–Crippen MR) is 133 cm³/mol. The minimum absolute atomic E-state index is 0.0274. The summed E-state index contributed by atoms with van der Waals surface area (Å²) >= 11 is 7.20. The molecule has 1 aromatic carbocycles. The average Bonchev–Trinajstić information content (AvgIpc) is 3.41. The van der Waals surface area contributed by atoms with Gasteiger partial charge >= 0.3 is 11.7 Å². The molecule has 1 fully saturated rings. The predicted octanol–water partition coefficient (Wildman–Crippen LogP) is 2.75. The highest BCUT2D eigenvalue weighted by Crippen LogP contribution is 2.26. The zero-order valence-corrected chi connectivity index (χ0v) is 21.0. The zero-order chi connectivity index (χ0) is 24.7. The van der Waals surface area contributed by atoms with Crippen LogP contribution in [0, 0.1) is 0 Å². The Morgan fingerprint density at radius 1 is 1.09 bits per heavy atom. The van der Waals surface area contributed by atoms with Crippen molar-refractivity contribution in [3.05, 3.63) is 55.7 Å². The monoisotopic (exact) mass is 516 g/mol. The lowest BCUT2D eigenvalue weighted by Crippen LogP contribution is -2.37. The van der Waals surface area contributed by atoms with E-state index in [1.54, 1.807) is 28.1 Å². The number of thioether (sulfide) groups is 1. The summed E-state index contributed by atoms with van der Waals surface area (Å²) in [7, 11) is 3.05. The number of imidazole rings is 1. The molecular formula is C23H25ClN6O4S. The number of ether oxygens (including phenoxy) is 1. The van der Waals surface area contributed by atoms with E-state index < -0.39 is 11.2 Å². The average molecular weight is 517 g/mol. The lowest BCUT2D eigenvalue weighted by molar-refractivity contribution is -0.147. The van der Waals surface area contributed by atoms with Gasteiger partial charge < -0.3 is 4.74 Å². The van der Waals surface area contributed by atoms with Gasteiger partial charge in [-0.3, -0.25) is 23.3 Å². The Hall–Kier alpha value is -3.05. The Morgan fingerprint density at radius 3 is 2.51 bits per heavy atom. The first kappa shape index (κ1) is 23.7. The van der Waals surface area contributed by atoms with E-state index in [9.17, 15) is 14.4 Å². The Kier molecular flexibility index (Phi) is 6.45. The van der Waals surface area contributed by atoms with E-state index in [1.165, 1.54) is 29.8 Å². The fourth-order valence-corrected chi connectivity index (χ4v) is 5.41. The largest absolute Gasteiger partial charge is 0.462 e. The Morgan fingerprint density at radius 2 is 1.80 bits per heavy atom. The van der Waals surface area contributed by atoms with Crippen LogP contribution in [0.15, 0.2) is 39.0 Å². The molecule has 0 saturated heterocycles. The standard InChI is InChI=1S/C23H25ClN6O4S/c1-27-19-18(20(32)28(2)23(27)33)29(12-14-8-10-15(24)11-9-14)21-25-26-22(30(19)21)35-13-17(31)34-16-6-4-3-5-7-16/h8-11,16H,3-7,12-13H2,1-2H3. The number of halogens is 1. The minimum Gasteiger partial charge on any atom is -0.462 e. The maximum absolute atomic E-state index is 13.2. The molecule has 10 nitrogen and oxygen atoms in total. The van der Waals surface area contributed by atoms with Crippen LogP contribution in [0.1, 0.15) is 37.7 Å². The molecule has 0 atom stereocenters. The van der Waals surface area contributed by atoms with Crippen LogP contribution in [0.5, 0.6) is 0 Å². The molecule has 0 unspecified atom stereocenters. The van der Waals surface area contributed by atoms with Gasteiger partial charge in [-0.1, -0.05) is 41.9 Å². The Balaban J connectivity index is 1.55. The first-order valence-corrected chi connectivity index (χ1v) is 12.8. The van der Waals surface area contributed by atoms with Gasteiger partial charge in [-0.25, -0.2) is 9.20 Å². The van der Waals surface area contributed by atoms with Crippen LogP contribution in [0.3, 0.4) is 0 Å². The topological polar surface area (TPSA) is 105 Å². The van der Waals surface area contributed by atoms with E-state index in [0.717, 1.165) is 35.8 Å². The maximum atomic E-state index is 13.2. The van der Waals surface area contributed by atoms with Crippen LogP contribution < -0.4 is 11.2 Å². The van der Waals surface area contributed by atoms with E-state index in [2.05, 4.69) is 10.2 Å². The molecule has 12 heteroatoms. The van der Waals surface area contributed by atoms with Crippen LogP contribution >= 0.6 is 23.4 Å². The summed E-state index contributed by atoms with van der Waals surface area (Å²) < 4.78 is 11.5. The minimum atomic E-state index is -0.464. The van der Waals surface area contributed by atoms with E-state index in [1.807, 2.05) is 12.1 Å². The summed E-state index contributed by atoms with van der Waals surface area (Å²) in [6, 6.07) is 7.28. The summed E-state index contributed by atoms with van der Waals surface area (Å²) in [5.74, 6) is 0.143. The van der Waals surface area contributed by atoms with Gasteiger partial charge in [0.15, 0.2) is 16.3 Å². The van der Waals surface area contributed by atoms with Crippen molar-refractivity contribution in [2.75, 3.05) is 5.75 Å². The smallest absolute Gasteiger partial charge is 0.332 e. The number of aryl methyl sites for hydroxylation is 1. The van der Waals surface area contributed by atoms with E-state index >= 15 is 0 Å². The number of nitrogens with zero attached hydrogens (tertiary/aromatic N) is 6. The van der Waals surface area contributed by atoms with Gasteiger partial charge in [0.25, 0.3) is 5.56 Å². The lowest BCUT2D eigenvalue weighted by Gasteiger charge is -2.21. The molecule has 0 amide bonds. The van der Waals surface area contributed by atoms with Crippen LogP contribution in [-0.2, 0) is 30.2 Å². The molecule has 0 radical (unpaired) electrons. The van der Waals surface area contributed by atoms with Crippen molar-refractivity contribution in [1.29, 1.82) is 0 Å². The van der Waals surface area contributed by atoms with Gasteiger partial charge in [-0.15, -0.1) is 10.2 Å². The van der Waals surface area contributed by atoms with Crippen LogP contribution in [0.4, 0.5) is 0 Å². The van der Waals surface area contributed by atoms with Crippen LogP contribution in [-0.4, -0.2) is 46.1 Å². The molecule has 3 aromatic heterocycles. The summed E-state index contributed by atoms with van der Waals surface area (Å²) in [5.41, 5.74) is 0.693. The highest BCUT2D eigenvalue weighted by molar-refractivity contribution is 7.99. The first-order chi connectivity index (χ1) is 16.8. The fourth-order valence-electron chi connectivity index (χ4n) is 4.57. The lowest BCUT2D eigenvalue weighted by atomic mass is 9.98. The number of hydrogen-bond donors (Lipinski definition) is 0. The number of benzene rings is 1. The van der Waals surface area contributed by atoms with Crippen molar-refractivity contribution in [2.24, 2.45) is 14.1 Å². The maximum Gasteiger partial charge on any atom is 0.332 e. The molecule has 5 rings (SSSR count). The number of rotatable bonds is 6. The molecule has 0 bridgehead atoms. The third-order valence-electron chi connectivity index (χ3n) is 6.37. The highest BCUT2D eigenvalue weighted by Gasteiger charge is 2.25. The molecule has 4 aromatic rings. The van der Waals surface area contributed by atoms with Crippen molar-refractivity contribution >= 4 is 46.3 Å². The number of esters is 1. The molecule has 0 spiro atoms. The SMILES string of the molecule is Cn1c(=O)c2c(n(C)c1=O)n1c(SCC(=O)OC3CCCCC3)nnc1n2Cc1ccc(Cl)cc1. The van der Waals surface area contributed by atoms with Gasteiger partial charge in [0.1, 0.15) is 6.10 Å². The second kappa shape index (κ2) is 9.54. The van der Waals surface area contributed by atoms with E-state index in [-0.39, 0.29) is 17.8 Å². The first-order valence-electron chi connectivity index (χ1n) is 11.4. The Bertz CT molecular complexity index is 1530. The van der Waals surface area contributed by atoms with Crippen molar-refractivity contribution in [3.8, 4) is 0 Å². The van der Waals surface area contributed by atoms with E-state index in [4.69, 9.17) is 16.3 Å². The van der Waals surface area contributed by atoms with Gasteiger partial charge in [0, 0.05) is 19.1 Å². The quantitative estimate of drug-likeness (QED) is 0.286.